The van der Waals surface area contributed by atoms with Crippen molar-refractivity contribution in [1.82, 2.24) is 29.8 Å². The van der Waals surface area contributed by atoms with E-state index in [9.17, 15) is 0 Å². The van der Waals surface area contributed by atoms with Gasteiger partial charge in [-0.05, 0) is 31.7 Å². The molecule has 0 bridgehead atoms. The number of benzene rings is 1. The van der Waals surface area contributed by atoms with Crippen LogP contribution < -0.4 is 10.2 Å². The first-order valence-electron chi connectivity index (χ1n) is 10.1. The Morgan fingerprint density at radius 1 is 0.967 bits per heavy atom. The normalized spacial score (nSPS) is 14.7. The summed E-state index contributed by atoms with van der Waals surface area (Å²) in [6.45, 7) is 7.78. The SMILES string of the molecule is CCc1nc(Nc2ncc(C)c(-c3ccc(Cl)cc3)n2)nc(N2CCN(C)CC2)n1. The van der Waals surface area contributed by atoms with Crippen LogP contribution >= 0.6 is 11.6 Å². The lowest BCUT2D eigenvalue weighted by Gasteiger charge is -2.32. The van der Waals surface area contributed by atoms with E-state index in [0.29, 0.717) is 22.9 Å². The Morgan fingerprint density at radius 2 is 1.70 bits per heavy atom. The third-order valence-electron chi connectivity index (χ3n) is 5.09. The average molecular weight is 425 g/mol. The van der Waals surface area contributed by atoms with E-state index in [2.05, 4.69) is 47.1 Å². The summed E-state index contributed by atoms with van der Waals surface area (Å²) in [5.41, 5.74) is 2.80. The lowest BCUT2D eigenvalue weighted by Crippen LogP contribution is -2.45. The Bertz CT molecular complexity index is 1020. The van der Waals surface area contributed by atoms with Gasteiger partial charge in [0, 0.05) is 49.4 Å². The van der Waals surface area contributed by atoms with Crippen molar-refractivity contribution in [3.05, 3.63) is 46.9 Å². The number of rotatable bonds is 5. The van der Waals surface area contributed by atoms with Crippen LogP contribution in [0.3, 0.4) is 0 Å². The summed E-state index contributed by atoms with van der Waals surface area (Å²) in [6.07, 6.45) is 2.52. The predicted molar refractivity (Wildman–Crippen MR) is 119 cm³/mol. The molecule has 1 fully saturated rings. The fourth-order valence-electron chi connectivity index (χ4n) is 3.27. The van der Waals surface area contributed by atoms with Crippen molar-refractivity contribution >= 4 is 29.4 Å². The maximum Gasteiger partial charge on any atom is 0.234 e. The topological polar surface area (TPSA) is 83.0 Å². The largest absolute Gasteiger partial charge is 0.338 e. The zero-order valence-corrected chi connectivity index (χ0v) is 18.2. The molecule has 4 rings (SSSR count). The van der Waals surface area contributed by atoms with E-state index in [4.69, 9.17) is 11.6 Å². The van der Waals surface area contributed by atoms with Gasteiger partial charge in [0.05, 0.1) is 5.69 Å². The number of nitrogens with zero attached hydrogens (tertiary/aromatic N) is 7. The molecule has 1 aromatic carbocycles. The molecule has 1 aliphatic rings. The maximum atomic E-state index is 6.02. The molecule has 1 N–H and O–H groups in total. The smallest absolute Gasteiger partial charge is 0.234 e. The minimum Gasteiger partial charge on any atom is -0.338 e. The fourth-order valence-corrected chi connectivity index (χ4v) is 3.40. The van der Waals surface area contributed by atoms with Crippen LogP contribution in [0.1, 0.15) is 18.3 Å². The molecule has 30 heavy (non-hydrogen) atoms. The van der Waals surface area contributed by atoms with Gasteiger partial charge in [0.1, 0.15) is 5.82 Å². The number of anilines is 3. The van der Waals surface area contributed by atoms with Gasteiger partial charge in [-0.15, -0.1) is 0 Å². The van der Waals surface area contributed by atoms with Crippen LogP contribution in [0.2, 0.25) is 5.02 Å². The lowest BCUT2D eigenvalue weighted by molar-refractivity contribution is 0.311. The third kappa shape index (κ3) is 4.66. The summed E-state index contributed by atoms with van der Waals surface area (Å²) < 4.78 is 0. The highest BCUT2D eigenvalue weighted by atomic mass is 35.5. The van der Waals surface area contributed by atoms with Gasteiger partial charge < -0.3 is 9.80 Å². The Hall–Kier alpha value is -2.84. The van der Waals surface area contributed by atoms with Gasteiger partial charge in [-0.25, -0.2) is 9.97 Å². The number of halogens is 1. The van der Waals surface area contributed by atoms with Gasteiger partial charge >= 0.3 is 0 Å². The van der Waals surface area contributed by atoms with Crippen molar-refractivity contribution in [2.24, 2.45) is 0 Å². The number of nitrogens with one attached hydrogen (secondary N) is 1. The van der Waals surface area contributed by atoms with Crippen LogP contribution in [0.15, 0.2) is 30.5 Å². The molecule has 0 saturated carbocycles. The lowest BCUT2D eigenvalue weighted by atomic mass is 10.1. The van der Waals surface area contributed by atoms with E-state index in [-0.39, 0.29) is 0 Å². The first-order valence-corrected chi connectivity index (χ1v) is 10.4. The first-order chi connectivity index (χ1) is 14.5. The van der Waals surface area contributed by atoms with Crippen molar-refractivity contribution < 1.29 is 0 Å². The number of aryl methyl sites for hydroxylation is 2. The second-order valence-corrected chi connectivity index (χ2v) is 7.81. The second-order valence-electron chi connectivity index (χ2n) is 7.38. The van der Waals surface area contributed by atoms with E-state index < -0.39 is 0 Å². The molecule has 0 spiro atoms. The molecule has 3 aromatic rings. The number of hydrogen-bond acceptors (Lipinski definition) is 8. The number of aromatic nitrogens is 5. The van der Waals surface area contributed by atoms with E-state index in [0.717, 1.165) is 55.2 Å². The van der Waals surface area contributed by atoms with Crippen LogP contribution in [0.25, 0.3) is 11.3 Å². The van der Waals surface area contributed by atoms with Crippen molar-refractivity contribution in [3.63, 3.8) is 0 Å². The summed E-state index contributed by atoms with van der Waals surface area (Å²) in [4.78, 5) is 27.4. The molecule has 3 heterocycles. The molecule has 0 amide bonds. The van der Waals surface area contributed by atoms with Crippen LogP contribution in [-0.4, -0.2) is 63.0 Å². The zero-order valence-electron chi connectivity index (χ0n) is 17.4. The minimum atomic E-state index is 0.447. The first kappa shape index (κ1) is 20.4. The molecule has 8 nitrogen and oxygen atoms in total. The Kier molecular flexibility index (Phi) is 6.06. The van der Waals surface area contributed by atoms with E-state index in [1.165, 1.54) is 0 Å². The van der Waals surface area contributed by atoms with Crippen molar-refractivity contribution in [3.8, 4) is 11.3 Å². The van der Waals surface area contributed by atoms with E-state index in [1.807, 2.05) is 38.1 Å². The summed E-state index contributed by atoms with van der Waals surface area (Å²) in [5, 5.41) is 3.86. The second kappa shape index (κ2) is 8.89. The Labute approximate surface area is 181 Å². The van der Waals surface area contributed by atoms with Crippen LogP contribution in [0, 0.1) is 6.92 Å². The van der Waals surface area contributed by atoms with Gasteiger partial charge in [-0.1, -0.05) is 30.7 Å². The maximum absolute atomic E-state index is 6.02. The number of piperazine rings is 1. The van der Waals surface area contributed by atoms with Crippen molar-refractivity contribution in [1.29, 1.82) is 0 Å². The summed E-state index contributed by atoms with van der Waals surface area (Å²) in [7, 11) is 2.13. The van der Waals surface area contributed by atoms with Gasteiger partial charge in [-0.3, -0.25) is 5.32 Å². The highest BCUT2D eigenvalue weighted by Crippen LogP contribution is 2.24. The Morgan fingerprint density at radius 3 is 2.40 bits per heavy atom. The number of likely N-dealkylation sites (N-methyl/N-ethyl adjacent to an activating group) is 1. The van der Waals surface area contributed by atoms with Gasteiger partial charge in [0.2, 0.25) is 17.8 Å². The fraction of sp³-hybridized carbons (Fsp3) is 0.381. The molecule has 2 aromatic heterocycles. The molecular formula is C21H25ClN8. The zero-order chi connectivity index (χ0) is 21.1. The quantitative estimate of drug-likeness (QED) is 0.667. The Balaban J connectivity index is 1.61. The molecular weight excluding hydrogens is 400 g/mol. The average Bonchev–Trinajstić information content (AvgIpc) is 2.76. The standard InChI is InChI=1S/C21H25ClN8/c1-4-17-24-20(28-21(25-17)30-11-9-29(3)10-12-30)27-19-23-13-14(2)18(26-19)15-5-7-16(22)8-6-15/h5-8,13H,4,9-12H2,1-3H3,(H,23,24,25,26,27,28). The van der Waals surface area contributed by atoms with Crippen molar-refractivity contribution in [2.45, 2.75) is 20.3 Å². The third-order valence-corrected chi connectivity index (χ3v) is 5.34. The molecule has 0 unspecified atom stereocenters. The molecule has 0 atom stereocenters. The summed E-state index contributed by atoms with van der Waals surface area (Å²) in [6, 6.07) is 7.61. The van der Waals surface area contributed by atoms with Gasteiger partial charge in [0.15, 0.2) is 0 Å². The predicted octanol–water partition coefficient (Wildman–Crippen LogP) is 3.35. The monoisotopic (exact) mass is 424 g/mol. The molecule has 156 valence electrons. The van der Waals surface area contributed by atoms with Gasteiger partial charge in [0.25, 0.3) is 0 Å². The van der Waals surface area contributed by atoms with Crippen molar-refractivity contribution in [2.75, 3.05) is 43.4 Å². The van der Waals surface area contributed by atoms with Crippen LogP contribution in [-0.2, 0) is 6.42 Å². The van der Waals surface area contributed by atoms with Gasteiger partial charge in [-0.2, -0.15) is 15.0 Å². The summed E-state index contributed by atoms with van der Waals surface area (Å²) in [5.74, 6) is 2.35. The minimum absolute atomic E-state index is 0.447. The molecule has 0 radical (unpaired) electrons. The number of hydrogen-bond donors (Lipinski definition) is 1. The highest BCUT2D eigenvalue weighted by Gasteiger charge is 2.18. The molecule has 1 aliphatic heterocycles. The van der Waals surface area contributed by atoms with Crippen LogP contribution in [0.4, 0.5) is 17.8 Å². The van der Waals surface area contributed by atoms with E-state index in [1.54, 1.807) is 6.20 Å². The molecule has 9 heteroatoms. The van der Waals surface area contributed by atoms with E-state index >= 15 is 0 Å². The highest BCUT2D eigenvalue weighted by molar-refractivity contribution is 6.30. The van der Waals surface area contributed by atoms with Crippen LogP contribution in [0.5, 0.6) is 0 Å². The molecule has 0 aliphatic carbocycles. The molecule has 1 saturated heterocycles. The summed E-state index contributed by atoms with van der Waals surface area (Å²) >= 11 is 6.02.